The zero-order chi connectivity index (χ0) is 14.0. The van der Waals surface area contributed by atoms with Crippen LogP contribution in [0, 0.1) is 5.92 Å². The Labute approximate surface area is 114 Å². The normalized spacial score (nSPS) is 23.0. The molecule has 3 nitrogen and oxygen atoms in total. The van der Waals surface area contributed by atoms with Gasteiger partial charge in [0.1, 0.15) is 0 Å². The van der Waals surface area contributed by atoms with Gasteiger partial charge in [-0.15, -0.1) is 0 Å². The maximum absolute atomic E-state index is 3.63. The van der Waals surface area contributed by atoms with Crippen molar-refractivity contribution in [3.63, 3.8) is 0 Å². The van der Waals surface area contributed by atoms with Gasteiger partial charge in [0, 0.05) is 24.2 Å². The number of rotatable bonds is 5. The Morgan fingerprint density at radius 2 is 1.78 bits per heavy atom. The largest absolute Gasteiger partial charge is 0.312 e. The van der Waals surface area contributed by atoms with Gasteiger partial charge in [0.15, 0.2) is 0 Å². The van der Waals surface area contributed by atoms with E-state index in [0.29, 0.717) is 0 Å². The number of hydrogen-bond donors (Lipinski definition) is 1. The van der Waals surface area contributed by atoms with Crippen LogP contribution >= 0.6 is 0 Å². The Morgan fingerprint density at radius 3 is 2.28 bits per heavy atom. The lowest BCUT2D eigenvalue weighted by Crippen LogP contribution is -2.48. The summed E-state index contributed by atoms with van der Waals surface area (Å²) in [5, 5.41) is 3.63. The molecule has 0 amide bonds. The van der Waals surface area contributed by atoms with E-state index in [0.717, 1.165) is 12.5 Å². The molecule has 0 bridgehead atoms. The van der Waals surface area contributed by atoms with Gasteiger partial charge >= 0.3 is 0 Å². The summed E-state index contributed by atoms with van der Waals surface area (Å²) in [4.78, 5) is 4.95. The zero-order valence-corrected chi connectivity index (χ0v) is 13.5. The molecule has 0 radical (unpaired) electrons. The first kappa shape index (κ1) is 15.9. The van der Waals surface area contributed by atoms with Crippen molar-refractivity contribution >= 4 is 0 Å². The molecule has 1 fully saturated rings. The Hall–Kier alpha value is -0.120. The molecule has 1 unspecified atom stereocenters. The number of likely N-dealkylation sites (tertiary alicyclic amines) is 1. The fraction of sp³-hybridized carbons (Fsp3) is 1.00. The van der Waals surface area contributed by atoms with Gasteiger partial charge < -0.3 is 15.1 Å². The lowest BCUT2D eigenvalue weighted by molar-refractivity contribution is 0.131. The molecule has 0 aromatic heterocycles. The molecule has 3 heteroatoms. The lowest BCUT2D eigenvalue weighted by atomic mass is 10.0. The van der Waals surface area contributed by atoms with E-state index in [9.17, 15) is 0 Å². The Bertz CT molecular complexity index is 253. The topological polar surface area (TPSA) is 18.5 Å². The van der Waals surface area contributed by atoms with Crippen molar-refractivity contribution < 1.29 is 0 Å². The molecule has 0 saturated carbocycles. The second-order valence-corrected chi connectivity index (χ2v) is 7.73. The van der Waals surface area contributed by atoms with E-state index in [1.165, 1.54) is 26.1 Å². The average Bonchev–Trinajstić information content (AvgIpc) is 2.60. The monoisotopic (exact) mass is 255 g/mol. The van der Waals surface area contributed by atoms with Crippen molar-refractivity contribution in [2.75, 3.05) is 40.3 Å². The molecule has 1 N–H and O–H groups in total. The van der Waals surface area contributed by atoms with Gasteiger partial charge in [-0.2, -0.15) is 0 Å². The van der Waals surface area contributed by atoms with E-state index in [4.69, 9.17) is 0 Å². The molecule has 1 atom stereocenters. The minimum absolute atomic E-state index is 0.246. The molecular weight excluding hydrogens is 222 g/mol. The maximum atomic E-state index is 3.63. The first-order valence-electron chi connectivity index (χ1n) is 7.25. The average molecular weight is 255 g/mol. The van der Waals surface area contributed by atoms with E-state index >= 15 is 0 Å². The predicted octanol–water partition coefficient (Wildman–Crippen LogP) is 2.04. The Kier molecular flexibility index (Phi) is 5.22. The molecule has 1 saturated heterocycles. The lowest BCUT2D eigenvalue weighted by Gasteiger charge is -2.36. The number of hydrogen-bond acceptors (Lipinski definition) is 3. The van der Waals surface area contributed by atoms with Gasteiger partial charge in [0.2, 0.25) is 0 Å². The van der Waals surface area contributed by atoms with Crippen molar-refractivity contribution in [1.82, 2.24) is 15.1 Å². The van der Waals surface area contributed by atoms with Crippen LogP contribution in [0.1, 0.15) is 41.0 Å². The van der Waals surface area contributed by atoms with E-state index in [1.54, 1.807) is 0 Å². The van der Waals surface area contributed by atoms with Crippen LogP contribution in [-0.4, -0.2) is 61.2 Å². The molecule has 1 heterocycles. The summed E-state index contributed by atoms with van der Waals surface area (Å²) < 4.78 is 0. The molecule has 108 valence electrons. The molecule has 0 aliphatic carbocycles. The van der Waals surface area contributed by atoms with Crippen LogP contribution in [0.2, 0.25) is 0 Å². The summed E-state index contributed by atoms with van der Waals surface area (Å²) >= 11 is 0. The van der Waals surface area contributed by atoms with Gasteiger partial charge in [0.05, 0.1) is 0 Å². The van der Waals surface area contributed by atoms with Crippen LogP contribution in [0.5, 0.6) is 0 Å². The number of nitrogens with one attached hydrogen (secondary N) is 1. The van der Waals surface area contributed by atoms with Crippen molar-refractivity contribution in [2.45, 2.75) is 52.1 Å². The minimum Gasteiger partial charge on any atom is -0.312 e. The first-order valence-corrected chi connectivity index (χ1v) is 7.25. The predicted molar refractivity (Wildman–Crippen MR) is 80.1 cm³/mol. The summed E-state index contributed by atoms with van der Waals surface area (Å²) in [6.07, 6.45) is 1.34. The quantitative estimate of drug-likeness (QED) is 0.811. The van der Waals surface area contributed by atoms with Crippen LogP contribution in [-0.2, 0) is 0 Å². The summed E-state index contributed by atoms with van der Waals surface area (Å²) in [6.45, 7) is 16.2. The maximum Gasteiger partial charge on any atom is 0.0274 e. The van der Waals surface area contributed by atoms with E-state index in [1.807, 2.05) is 0 Å². The van der Waals surface area contributed by atoms with Crippen LogP contribution < -0.4 is 5.32 Å². The fourth-order valence-corrected chi connectivity index (χ4v) is 2.36. The summed E-state index contributed by atoms with van der Waals surface area (Å²) in [5.41, 5.74) is 0.517. The minimum atomic E-state index is 0.246. The third-order valence-corrected chi connectivity index (χ3v) is 4.11. The standard InChI is InChI=1S/C15H33N3/c1-14(2,3)16-10-13-8-9-18(11-13)12-15(4,5)17(6)7/h13,16H,8-12H2,1-7H3. The van der Waals surface area contributed by atoms with E-state index in [2.05, 4.69) is 63.8 Å². The van der Waals surface area contributed by atoms with Crippen molar-refractivity contribution in [3.8, 4) is 0 Å². The highest BCUT2D eigenvalue weighted by molar-refractivity contribution is 4.87. The van der Waals surface area contributed by atoms with Gasteiger partial charge in [0.25, 0.3) is 0 Å². The molecule has 18 heavy (non-hydrogen) atoms. The third kappa shape index (κ3) is 5.25. The number of likely N-dealkylation sites (N-methyl/N-ethyl adjacent to an activating group) is 1. The number of nitrogens with zero attached hydrogens (tertiary/aromatic N) is 2. The van der Waals surface area contributed by atoms with Crippen molar-refractivity contribution in [3.05, 3.63) is 0 Å². The second kappa shape index (κ2) is 5.89. The summed E-state index contributed by atoms with van der Waals surface area (Å²) in [6, 6.07) is 0. The molecule has 0 aromatic carbocycles. The van der Waals surface area contributed by atoms with Gasteiger partial charge in [-0.3, -0.25) is 0 Å². The highest BCUT2D eigenvalue weighted by Gasteiger charge is 2.29. The van der Waals surface area contributed by atoms with E-state index in [-0.39, 0.29) is 11.1 Å². The van der Waals surface area contributed by atoms with Crippen LogP contribution in [0.25, 0.3) is 0 Å². The molecule has 1 aliphatic heterocycles. The third-order valence-electron chi connectivity index (χ3n) is 4.11. The van der Waals surface area contributed by atoms with Gasteiger partial charge in [-0.05, 0) is 74.1 Å². The second-order valence-electron chi connectivity index (χ2n) is 7.73. The molecule has 1 rings (SSSR count). The van der Waals surface area contributed by atoms with E-state index < -0.39 is 0 Å². The zero-order valence-electron chi connectivity index (χ0n) is 13.5. The summed E-state index contributed by atoms with van der Waals surface area (Å²) in [7, 11) is 4.35. The van der Waals surface area contributed by atoms with Crippen LogP contribution in [0.3, 0.4) is 0 Å². The molecular formula is C15H33N3. The van der Waals surface area contributed by atoms with Crippen LogP contribution in [0.4, 0.5) is 0 Å². The molecule has 0 aromatic rings. The first-order chi connectivity index (χ1) is 8.10. The Balaban J connectivity index is 2.33. The molecule has 1 aliphatic rings. The van der Waals surface area contributed by atoms with Gasteiger partial charge in [-0.1, -0.05) is 0 Å². The van der Waals surface area contributed by atoms with Crippen molar-refractivity contribution in [1.29, 1.82) is 0 Å². The van der Waals surface area contributed by atoms with Crippen LogP contribution in [0.15, 0.2) is 0 Å². The van der Waals surface area contributed by atoms with Crippen molar-refractivity contribution in [2.24, 2.45) is 5.92 Å². The Morgan fingerprint density at radius 1 is 1.17 bits per heavy atom. The fourth-order valence-electron chi connectivity index (χ4n) is 2.36. The molecule has 0 spiro atoms. The smallest absolute Gasteiger partial charge is 0.0274 e. The summed E-state index contributed by atoms with van der Waals surface area (Å²) in [5.74, 6) is 0.821. The highest BCUT2D eigenvalue weighted by atomic mass is 15.2. The highest BCUT2D eigenvalue weighted by Crippen LogP contribution is 2.20. The van der Waals surface area contributed by atoms with Gasteiger partial charge in [-0.25, -0.2) is 0 Å². The SMILES string of the molecule is CN(C)C(C)(C)CN1CCC(CNC(C)(C)C)C1.